The molecule has 1 aromatic carbocycles. The van der Waals surface area contributed by atoms with Crippen LogP contribution in [0.4, 0.5) is 0 Å². The van der Waals surface area contributed by atoms with Crippen LogP contribution in [-0.2, 0) is 4.79 Å². The Kier molecular flexibility index (Phi) is 3.09. The highest BCUT2D eigenvalue weighted by Gasteiger charge is 2.47. The van der Waals surface area contributed by atoms with E-state index in [0.29, 0.717) is 12.0 Å². The predicted octanol–water partition coefficient (Wildman–Crippen LogP) is 2.61. The standard InChI is InChI=1S/C16H22N2O/c1-10(2)14-16(19)18(12-8-9-12)15(17-14)13-7-5-4-6-11(13)3/h4-7,10,12,14-15,17H,8-9H2,1-3H3. The van der Waals surface area contributed by atoms with Crippen LogP contribution in [-0.4, -0.2) is 22.9 Å². The highest BCUT2D eigenvalue weighted by atomic mass is 16.2. The third-order valence-electron chi connectivity index (χ3n) is 4.23. The van der Waals surface area contributed by atoms with E-state index in [-0.39, 0.29) is 18.1 Å². The molecule has 1 heterocycles. The second-order valence-corrected chi connectivity index (χ2v) is 6.12. The predicted molar refractivity (Wildman–Crippen MR) is 75.5 cm³/mol. The number of carbonyl (C=O) groups excluding carboxylic acids is 1. The quantitative estimate of drug-likeness (QED) is 0.904. The second-order valence-electron chi connectivity index (χ2n) is 6.12. The molecule has 1 aliphatic carbocycles. The van der Waals surface area contributed by atoms with Gasteiger partial charge in [-0.05, 0) is 36.8 Å². The molecule has 0 radical (unpaired) electrons. The number of carbonyl (C=O) groups is 1. The average molecular weight is 258 g/mol. The zero-order valence-corrected chi connectivity index (χ0v) is 11.9. The molecule has 1 amide bonds. The van der Waals surface area contributed by atoms with E-state index in [2.05, 4.69) is 55.3 Å². The van der Waals surface area contributed by atoms with Crippen LogP contribution in [0.25, 0.3) is 0 Å². The largest absolute Gasteiger partial charge is 0.319 e. The fourth-order valence-electron chi connectivity index (χ4n) is 2.96. The van der Waals surface area contributed by atoms with E-state index in [4.69, 9.17) is 0 Å². The molecule has 2 unspecified atom stereocenters. The normalized spacial score (nSPS) is 27.4. The molecule has 2 fully saturated rings. The van der Waals surface area contributed by atoms with Crippen molar-refractivity contribution in [1.82, 2.24) is 10.2 Å². The van der Waals surface area contributed by atoms with Crippen molar-refractivity contribution in [3.63, 3.8) is 0 Å². The minimum Gasteiger partial charge on any atom is -0.319 e. The van der Waals surface area contributed by atoms with E-state index < -0.39 is 0 Å². The van der Waals surface area contributed by atoms with Gasteiger partial charge in [0, 0.05) is 6.04 Å². The van der Waals surface area contributed by atoms with Crippen molar-refractivity contribution < 1.29 is 4.79 Å². The number of rotatable bonds is 3. The molecule has 0 aromatic heterocycles. The molecule has 19 heavy (non-hydrogen) atoms. The van der Waals surface area contributed by atoms with Gasteiger partial charge in [-0.3, -0.25) is 10.1 Å². The van der Waals surface area contributed by atoms with Gasteiger partial charge in [-0.1, -0.05) is 38.1 Å². The van der Waals surface area contributed by atoms with Gasteiger partial charge in [0.2, 0.25) is 5.91 Å². The van der Waals surface area contributed by atoms with E-state index in [0.717, 1.165) is 12.8 Å². The molecule has 1 saturated heterocycles. The smallest absolute Gasteiger partial charge is 0.241 e. The monoisotopic (exact) mass is 258 g/mol. The maximum Gasteiger partial charge on any atom is 0.241 e. The van der Waals surface area contributed by atoms with Gasteiger partial charge in [-0.25, -0.2) is 0 Å². The summed E-state index contributed by atoms with van der Waals surface area (Å²) in [7, 11) is 0. The van der Waals surface area contributed by atoms with Crippen LogP contribution < -0.4 is 5.32 Å². The van der Waals surface area contributed by atoms with Gasteiger partial charge in [-0.15, -0.1) is 0 Å². The summed E-state index contributed by atoms with van der Waals surface area (Å²) in [6.45, 7) is 6.34. The third kappa shape index (κ3) is 2.16. The molecule has 1 aliphatic heterocycles. The lowest BCUT2D eigenvalue weighted by atomic mass is 10.0. The van der Waals surface area contributed by atoms with E-state index in [1.54, 1.807) is 0 Å². The molecule has 1 N–H and O–H groups in total. The lowest BCUT2D eigenvalue weighted by Crippen LogP contribution is -2.35. The first kappa shape index (κ1) is 12.7. The Bertz CT molecular complexity index is 493. The van der Waals surface area contributed by atoms with Crippen LogP contribution in [0.15, 0.2) is 24.3 Å². The van der Waals surface area contributed by atoms with Crippen LogP contribution in [0.3, 0.4) is 0 Å². The topological polar surface area (TPSA) is 32.3 Å². The Morgan fingerprint density at radius 1 is 1.26 bits per heavy atom. The Morgan fingerprint density at radius 3 is 2.53 bits per heavy atom. The number of hydrogen-bond donors (Lipinski definition) is 1. The molecule has 1 saturated carbocycles. The first-order valence-electron chi connectivity index (χ1n) is 7.23. The average Bonchev–Trinajstić information content (AvgIpc) is 3.14. The molecule has 2 aliphatic rings. The third-order valence-corrected chi connectivity index (χ3v) is 4.23. The lowest BCUT2D eigenvalue weighted by Gasteiger charge is -2.25. The van der Waals surface area contributed by atoms with Gasteiger partial charge >= 0.3 is 0 Å². The summed E-state index contributed by atoms with van der Waals surface area (Å²) in [6, 6.07) is 8.78. The highest BCUT2D eigenvalue weighted by Crippen LogP contribution is 2.39. The van der Waals surface area contributed by atoms with E-state index in [9.17, 15) is 4.79 Å². The van der Waals surface area contributed by atoms with Crippen LogP contribution >= 0.6 is 0 Å². The summed E-state index contributed by atoms with van der Waals surface area (Å²) < 4.78 is 0. The Morgan fingerprint density at radius 2 is 1.95 bits per heavy atom. The summed E-state index contributed by atoms with van der Waals surface area (Å²) in [6.07, 6.45) is 2.37. The maximum atomic E-state index is 12.6. The van der Waals surface area contributed by atoms with Gasteiger partial charge < -0.3 is 4.90 Å². The van der Waals surface area contributed by atoms with Gasteiger partial charge in [0.1, 0.15) is 6.17 Å². The van der Waals surface area contributed by atoms with Crippen molar-refractivity contribution >= 4 is 5.91 Å². The first-order valence-corrected chi connectivity index (χ1v) is 7.23. The Hall–Kier alpha value is -1.35. The number of amides is 1. The summed E-state index contributed by atoms with van der Waals surface area (Å²) in [4.78, 5) is 14.7. The zero-order valence-electron chi connectivity index (χ0n) is 11.9. The number of benzene rings is 1. The number of aryl methyl sites for hydroxylation is 1. The molecule has 3 heteroatoms. The van der Waals surface area contributed by atoms with Crippen LogP contribution in [0, 0.1) is 12.8 Å². The molecule has 102 valence electrons. The molecule has 3 nitrogen and oxygen atoms in total. The SMILES string of the molecule is Cc1ccccc1C1NC(C(C)C)C(=O)N1C1CC1. The molecule has 2 atom stereocenters. The Labute approximate surface area is 115 Å². The fourth-order valence-corrected chi connectivity index (χ4v) is 2.96. The molecular weight excluding hydrogens is 236 g/mol. The molecule has 1 aromatic rings. The van der Waals surface area contributed by atoms with Crippen molar-refractivity contribution in [3.05, 3.63) is 35.4 Å². The van der Waals surface area contributed by atoms with Crippen LogP contribution in [0.5, 0.6) is 0 Å². The van der Waals surface area contributed by atoms with Crippen molar-refractivity contribution in [2.75, 3.05) is 0 Å². The second kappa shape index (κ2) is 4.64. The molecule has 0 spiro atoms. The van der Waals surface area contributed by atoms with Crippen molar-refractivity contribution in [2.45, 2.75) is 51.9 Å². The number of nitrogens with one attached hydrogen (secondary N) is 1. The number of hydrogen-bond acceptors (Lipinski definition) is 2. The van der Waals surface area contributed by atoms with E-state index in [1.165, 1.54) is 11.1 Å². The van der Waals surface area contributed by atoms with Crippen LogP contribution in [0.1, 0.15) is 44.0 Å². The van der Waals surface area contributed by atoms with Gasteiger partial charge in [0.25, 0.3) is 0 Å². The van der Waals surface area contributed by atoms with E-state index >= 15 is 0 Å². The molecular formula is C16H22N2O. The van der Waals surface area contributed by atoms with Crippen molar-refractivity contribution in [3.8, 4) is 0 Å². The summed E-state index contributed by atoms with van der Waals surface area (Å²) in [5.41, 5.74) is 2.49. The highest BCUT2D eigenvalue weighted by molar-refractivity contribution is 5.85. The minimum absolute atomic E-state index is 0.0368. The van der Waals surface area contributed by atoms with E-state index in [1.807, 2.05) is 0 Å². The van der Waals surface area contributed by atoms with Crippen molar-refractivity contribution in [2.24, 2.45) is 5.92 Å². The lowest BCUT2D eigenvalue weighted by molar-refractivity contribution is -0.131. The fraction of sp³-hybridized carbons (Fsp3) is 0.562. The summed E-state index contributed by atoms with van der Waals surface area (Å²) in [5.74, 6) is 0.619. The first-order chi connectivity index (χ1) is 9.09. The van der Waals surface area contributed by atoms with Gasteiger partial charge in [0.05, 0.1) is 6.04 Å². The summed E-state index contributed by atoms with van der Waals surface area (Å²) >= 11 is 0. The molecule has 3 rings (SSSR count). The van der Waals surface area contributed by atoms with Crippen molar-refractivity contribution in [1.29, 1.82) is 0 Å². The van der Waals surface area contributed by atoms with Gasteiger partial charge in [-0.2, -0.15) is 0 Å². The zero-order chi connectivity index (χ0) is 13.6. The minimum atomic E-state index is -0.0368. The summed E-state index contributed by atoms with van der Waals surface area (Å²) in [5, 5.41) is 3.55. The van der Waals surface area contributed by atoms with Crippen LogP contribution in [0.2, 0.25) is 0 Å². The number of nitrogens with zero attached hydrogens (tertiary/aromatic N) is 1. The molecule has 0 bridgehead atoms. The van der Waals surface area contributed by atoms with Gasteiger partial charge in [0.15, 0.2) is 0 Å². The Balaban J connectivity index is 1.95. The maximum absolute atomic E-state index is 12.6.